The quantitative estimate of drug-likeness (QED) is 0.824. The molecule has 0 spiro atoms. The topological polar surface area (TPSA) is 69.6 Å². The van der Waals surface area contributed by atoms with Crippen molar-refractivity contribution in [2.24, 2.45) is 0 Å². The van der Waals surface area contributed by atoms with Crippen molar-refractivity contribution in [3.63, 3.8) is 0 Å². The minimum atomic E-state index is -3.56. The van der Waals surface area contributed by atoms with Gasteiger partial charge in [-0.25, -0.2) is 0 Å². The van der Waals surface area contributed by atoms with Crippen molar-refractivity contribution < 1.29 is 13.5 Å². The zero-order valence-electron chi connectivity index (χ0n) is 12.1. The molecular weight excluding hydrogens is 276 g/mol. The lowest BCUT2D eigenvalue weighted by Crippen LogP contribution is -2.37. The molecule has 0 atom stereocenters. The minimum absolute atomic E-state index is 0.123. The molecule has 0 saturated heterocycles. The summed E-state index contributed by atoms with van der Waals surface area (Å²) in [5.41, 5.74) is 2.03. The molecular formula is C14H20N2O3S. The van der Waals surface area contributed by atoms with E-state index in [2.05, 4.69) is 16.6 Å². The Kier molecular flexibility index (Phi) is 5.57. The number of rotatable bonds is 4. The highest BCUT2D eigenvalue weighted by atomic mass is 32.2. The maximum Gasteiger partial charge on any atom is 0.301 e. The third-order valence-corrected chi connectivity index (χ3v) is 4.54. The van der Waals surface area contributed by atoms with Gasteiger partial charge in [-0.15, -0.1) is 0 Å². The van der Waals surface area contributed by atoms with Crippen molar-refractivity contribution in [1.82, 2.24) is 4.31 Å². The molecule has 0 unspecified atom stereocenters. The van der Waals surface area contributed by atoms with Crippen molar-refractivity contribution in [2.45, 2.75) is 26.8 Å². The van der Waals surface area contributed by atoms with Crippen LogP contribution in [0.1, 0.15) is 25.0 Å². The Morgan fingerprint density at radius 3 is 2.55 bits per heavy atom. The molecule has 0 saturated carbocycles. The fraction of sp³-hybridized carbons (Fsp3) is 0.429. The summed E-state index contributed by atoms with van der Waals surface area (Å²) in [4.78, 5) is 0. The van der Waals surface area contributed by atoms with E-state index in [0.717, 1.165) is 11.1 Å². The summed E-state index contributed by atoms with van der Waals surface area (Å²) in [6.45, 7) is 5.21. The number of nitrogens with zero attached hydrogens (tertiary/aromatic N) is 1. The average molecular weight is 296 g/mol. The molecule has 1 aromatic carbocycles. The van der Waals surface area contributed by atoms with Crippen molar-refractivity contribution in [3.05, 3.63) is 29.3 Å². The van der Waals surface area contributed by atoms with Crippen molar-refractivity contribution >= 4 is 15.9 Å². The largest absolute Gasteiger partial charge is 0.384 e. The number of aryl methyl sites for hydroxylation is 1. The van der Waals surface area contributed by atoms with Crippen LogP contribution in [0, 0.1) is 18.8 Å². The number of hydrogen-bond acceptors (Lipinski definition) is 3. The van der Waals surface area contributed by atoms with E-state index in [9.17, 15) is 8.42 Å². The normalized spacial score (nSPS) is 11.3. The monoisotopic (exact) mass is 296 g/mol. The number of aliphatic hydroxyl groups excluding tert-OH is 1. The number of hydrogen-bond donors (Lipinski definition) is 2. The highest BCUT2D eigenvalue weighted by Gasteiger charge is 2.20. The first-order chi connectivity index (χ1) is 9.27. The van der Waals surface area contributed by atoms with E-state index in [0.29, 0.717) is 5.69 Å². The van der Waals surface area contributed by atoms with Crippen LogP contribution in [0.15, 0.2) is 18.2 Å². The van der Waals surface area contributed by atoms with E-state index in [-0.39, 0.29) is 12.6 Å². The van der Waals surface area contributed by atoms with Gasteiger partial charge in [-0.2, -0.15) is 12.7 Å². The van der Waals surface area contributed by atoms with Crippen molar-refractivity contribution in [1.29, 1.82) is 0 Å². The van der Waals surface area contributed by atoms with Gasteiger partial charge < -0.3 is 5.11 Å². The minimum Gasteiger partial charge on any atom is -0.384 e. The summed E-state index contributed by atoms with van der Waals surface area (Å²) >= 11 is 0. The molecule has 0 amide bonds. The van der Waals surface area contributed by atoms with Crippen molar-refractivity contribution in [2.75, 3.05) is 18.4 Å². The van der Waals surface area contributed by atoms with E-state index in [1.807, 2.05) is 0 Å². The molecule has 0 radical (unpaired) electrons. The third-order valence-electron chi connectivity index (χ3n) is 2.88. The first kappa shape index (κ1) is 16.5. The van der Waals surface area contributed by atoms with Gasteiger partial charge in [-0.3, -0.25) is 4.72 Å². The highest BCUT2D eigenvalue weighted by Crippen LogP contribution is 2.19. The molecule has 0 aliphatic heterocycles. The van der Waals surface area contributed by atoms with E-state index in [4.69, 9.17) is 5.11 Å². The van der Waals surface area contributed by atoms with E-state index in [1.165, 1.54) is 11.4 Å². The second kappa shape index (κ2) is 6.75. The van der Waals surface area contributed by atoms with Crippen LogP contribution in [0.5, 0.6) is 0 Å². The third kappa shape index (κ3) is 4.23. The van der Waals surface area contributed by atoms with Gasteiger partial charge in [0.25, 0.3) is 0 Å². The molecule has 2 N–H and O–H groups in total. The predicted molar refractivity (Wildman–Crippen MR) is 80.6 cm³/mol. The van der Waals surface area contributed by atoms with Crippen LogP contribution < -0.4 is 4.72 Å². The van der Waals surface area contributed by atoms with Crippen molar-refractivity contribution in [3.8, 4) is 11.8 Å². The first-order valence-corrected chi connectivity index (χ1v) is 7.68. The number of aliphatic hydroxyl groups is 1. The Morgan fingerprint density at radius 2 is 2.05 bits per heavy atom. The molecule has 1 rings (SSSR count). The average Bonchev–Trinajstić information content (AvgIpc) is 2.38. The van der Waals surface area contributed by atoms with Crippen LogP contribution in [0.3, 0.4) is 0 Å². The van der Waals surface area contributed by atoms with E-state index in [1.54, 1.807) is 39.0 Å². The molecule has 0 bridgehead atoms. The molecule has 1 aromatic rings. The van der Waals surface area contributed by atoms with Gasteiger partial charge in [-0.1, -0.05) is 11.8 Å². The Bertz CT molecular complexity index is 628. The molecule has 0 aromatic heterocycles. The summed E-state index contributed by atoms with van der Waals surface area (Å²) in [7, 11) is -2.03. The molecule has 0 fully saturated rings. The van der Waals surface area contributed by atoms with Crippen LogP contribution in [0.25, 0.3) is 0 Å². The standard InChI is InChI=1S/C14H20N2O3S/c1-11(2)16(4)20(18,19)15-14-8-7-13(6-5-9-17)10-12(14)3/h7-8,10-11,15,17H,9H2,1-4H3. The molecule has 6 heteroatoms. The van der Waals surface area contributed by atoms with Crippen LogP contribution in [-0.2, 0) is 10.2 Å². The SMILES string of the molecule is Cc1cc(C#CCO)ccc1NS(=O)(=O)N(C)C(C)C. The molecule has 20 heavy (non-hydrogen) atoms. The van der Waals surface area contributed by atoms with Gasteiger partial charge in [0.15, 0.2) is 0 Å². The number of benzene rings is 1. The number of anilines is 1. The first-order valence-electron chi connectivity index (χ1n) is 6.24. The molecule has 0 aliphatic rings. The van der Waals surface area contributed by atoms with Crippen LogP contribution in [0.2, 0.25) is 0 Å². The fourth-order valence-electron chi connectivity index (χ4n) is 1.49. The molecule has 110 valence electrons. The van der Waals surface area contributed by atoms with Gasteiger partial charge in [0.05, 0.1) is 5.69 Å². The second-order valence-electron chi connectivity index (χ2n) is 4.71. The summed E-state index contributed by atoms with van der Waals surface area (Å²) < 4.78 is 28.0. The summed E-state index contributed by atoms with van der Waals surface area (Å²) in [6.07, 6.45) is 0. The Balaban J connectivity index is 3.00. The van der Waals surface area contributed by atoms with Gasteiger partial charge in [-0.05, 0) is 44.5 Å². The Labute approximate surface area is 120 Å². The van der Waals surface area contributed by atoms with Crippen LogP contribution in [-0.4, -0.2) is 37.5 Å². The summed E-state index contributed by atoms with van der Waals surface area (Å²) in [5, 5.41) is 8.65. The van der Waals surface area contributed by atoms with Gasteiger partial charge >= 0.3 is 10.2 Å². The molecule has 0 aliphatic carbocycles. The summed E-state index contributed by atoms with van der Waals surface area (Å²) in [5.74, 6) is 5.33. The number of nitrogens with one attached hydrogen (secondary N) is 1. The highest BCUT2D eigenvalue weighted by molar-refractivity contribution is 7.90. The van der Waals surface area contributed by atoms with Gasteiger partial charge in [0.1, 0.15) is 6.61 Å². The van der Waals surface area contributed by atoms with E-state index >= 15 is 0 Å². The molecule has 0 heterocycles. The Hall–Kier alpha value is -1.55. The Morgan fingerprint density at radius 1 is 1.40 bits per heavy atom. The predicted octanol–water partition coefficient (Wildman–Crippen LogP) is 1.34. The zero-order valence-corrected chi connectivity index (χ0v) is 13.0. The van der Waals surface area contributed by atoms with Gasteiger partial charge in [0, 0.05) is 18.7 Å². The fourth-order valence-corrected chi connectivity index (χ4v) is 2.69. The molecule has 5 nitrogen and oxygen atoms in total. The zero-order chi connectivity index (χ0) is 15.3. The lowest BCUT2D eigenvalue weighted by Gasteiger charge is -2.22. The van der Waals surface area contributed by atoms with Gasteiger partial charge in [0.2, 0.25) is 0 Å². The second-order valence-corrected chi connectivity index (χ2v) is 6.44. The lowest BCUT2D eigenvalue weighted by molar-refractivity contribution is 0.350. The van der Waals surface area contributed by atoms with Crippen LogP contribution in [0.4, 0.5) is 5.69 Å². The van der Waals surface area contributed by atoms with Crippen LogP contribution >= 0.6 is 0 Å². The smallest absolute Gasteiger partial charge is 0.301 e. The maximum atomic E-state index is 12.1. The lowest BCUT2D eigenvalue weighted by atomic mass is 10.1. The maximum absolute atomic E-state index is 12.1. The van der Waals surface area contributed by atoms with E-state index < -0.39 is 10.2 Å². The summed E-state index contributed by atoms with van der Waals surface area (Å²) in [6, 6.07) is 5.03.